The minimum absolute atomic E-state index is 0.0954. The number of nitrogens with one attached hydrogen (secondary N) is 1. The highest BCUT2D eigenvalue weighted by molar-refractivity contribution is 7.18. The van der Waals surface area contributed by atoms with Crippen molar-refractivity contribution >= 4 is 44.7 Å². The molecule has 1 aliphatic rings. The molecule has 0 atom stereocenters. The summed E-state index contributed by atoms with van der Waals surface area (Å²) >= 11 is 7.72. The zero-order valence-corrected chi connectivity index (χ0v) is 17.2. The molecule has 0 saturated heterocycles. The number of fused-ring (bicyclic) bond motifs is 3. The van der Waals surface area contributed by atoms with Gasteiger partial charge in [-0.15, -0.1) is 11.3 Å². The van der Waals surface area contributed by atoms with Crippen LogP contribution in [0.1, 0.15) is 29.1 Å². The van der Waals surface area contributed by atoms with Gasteiger partial charge in [-0.3, -0.25) is 14.2 Å². The second-order valence-electron chi connectivity index (χ2n) is 6.84. The van der Waals surface area contributed by atoms with E-state index in [-0.39, 0.29) is 18.0 Å². The van der Waals surface area contributed by atoms with Gasteiger partial charge >= 0.3 is 0 Å². The van der Waals surface area contributed by atoms with Gasteiger partial charge < -0.3 is 10.1 Å². The van der Waals surface area contributed by atoms with Crippen LogP contribution in [-0.2, 0) is 24.2 Å². The molecule has 0 spiro atoms. The SMILES string of the molecule is COc1ccc(NC(=O)Cn2c(C)nc3sc4c(c3c2=O)CCCC4)cc1Cl. The summed E-state index contributed by atoms with van der Waals surface area (Å²) < 4.78 is 6.56. The number of methoxy groups -OCH3 is 1. The number of benzene rings is 1. The maximum absolute atomic E-state index is 13.1. The Hall–Kier alpha value is -2.38. The fourth-order valence-electron chi connectivity index (χ4n) is 3.61. The highest BCUT2D eigenvalue weighted by Crippen LogP contribution is 2.33. The Morgan fingerprint density at radius 1 is 1.36 bits per heavy atom. The first-order valence-corrected chi connectivity index (χ1v) is 10.3. The zero-order chi connectivity index (χ0) is 19.8. The standard InChI is InChI=1S/C20H20ClN3O3S/c1-11-22-19-18(13-5-3-4-6-16(13)28-19)20(26)24(11)10-17(25)23-12-7-8-15(27-2)14(21)9-12/h7-9H,3-6,10H2,1-2H3,(H,23,25). The molecule has 0 radical (unpaired) electrons. The number of aromatic nitrogens is 2. The molecule has 6 nitrogen and oxygen atoms in total. The van der Waals surface area contributed by atoms with Crippen LogP contribution in [0.3, 0.4) is 0 Å². The number of hydrogen-bond acceptors (Lipinski definition) is 5. The van der Waals surface area contributed by atoms with Crippen molar-refractivity contribution in [2.45, 2.75) is 39.2 Å². The first-order chi connectivity index (χ1) is 13.5. The molecule has 1 amide bonds. The molecule has 28 heavy (non-hydrogen) atoms. The summed E-state index contributed by atoms with van der Waals surface area (Å²) in [6.07, 6.45) is 4.16. The first-order valence-electron chi connectivity index (χ1n) is 9.13. The lowest BCUT2D eigenvalue weighted by molar-refractivity contribution is -0.116. The van der Waals surface area contributed by atoms with Crippen molar-refractivity contribution in [3.05, 3.63) is 49.8 Å². The topological polar surface area (TPSA) is 73.2 Å². The average Bonchev–Trinajstić information content (AvgIpc) is 3.03. The Morgan fingerprint density at radius 3 is 2.89 bits per heavy atom. The van der Waals surface area contributed by atoms with E-state index in [9.17, 15) is 9.59 Å². The number of rotatable bonds is 4. The number of halogens is 1. The Labute approximate surface area is 171 Å². The Balaban J connectivity index is 1.63. The van der Waals surface area contributed by atoms with Crippen LogP contribution in [0.5, 0.6) is 5.75 Å². The van der Waals surface area contributed by atoms with E-state index in [1.807, 2.05) is 0 Å². The minimum Gasteiger partial charge on any atom is -0.495 e. The molecule has 2 heterocycles. The van der Waals surface area contributed by atoms with E-state index in [2.05, 4.69) is 10.3 Å². The van der Waals surface area contributed by atoms with Gasteiger partial charge in [-0.05, 0) is 56.4 Å². The Morgan fingerprint density at radius 2 is 2.14 bits per heavy atom. The lowest BCUT2D eigenvalue weighted by atomic mass is 9.97. The molecule has 0 saturated carbocycles. The van der Waals surface area contributed by atoms with Crippen molar-refractivity contribution < 1.29 is 9.53 Å². The van der Waals surface area contributed by atoms with Crippen LogP contribution in [0.4, 0.5) is 5.69 Å². The Bertz CT molecular complexity index is 1140. The van der Waals surface area contributed by atoms with Gasteiger partial charge in [-0.1, -0.05) is 11.6 Å². The fourth-order valence-corrected chi connectivity index (χ4v) is 5.17. The summed E-state index contributed by atoms with van der Waals surface area (Å²) in [5.74, 6) is 0.763. The smallest absolute Gasteiger partial charge is 0.263 e. The van der Waals surface area contributed by atoms with E-state index < -0.39 is 0 Å². The number of carbonyl (C=O) groups is 1. The second-order valence-corrected chi connectivity index (χ2v) is 8.33. The summed E-state index contributed by atoms with van der Waals surface area (Å²) in [7, 11) is 1.53. The van der Waals surface area contributed by atoms with Gasteiger partial charge in [0.15, 0.2) is 0 Å². The van der Waals surface area contributed by atoms with Crippen molar-refractivity contribution in [2.24, 2.45) is 0 Å². The Kier molecular flexibility index (Phi) is 5.12. The molecule has 1 aliphatic carbocycles. The number of nitrogens with zero attached hydrogens (tertiary/aromatic N) is 2. The third kappa shape index (κ3) is 3.40. The highest BCUT2D eigenvalue weighted by atomic mass is 35.5. The predicted molar refractivity (Wildman–Crippen MR) is 112 cm³/mol. The van der Waals surface area contributed by atoms with Gasteiger partial charge in [0.25, 0.3) is 5.56 Å². The van der Waals surface area contributed by atoms with Crippen molar-refractivity contribution in [1.29, 1.82) is 0 Å². The van der Waals surface area contributed by atoms with Crippen molar-refractivity contribution in [2.75, 3.05) is 12.4 Å². The summed E-state index contributed by atoms with van der Waals surface area (Å²) in [5, 5.41) is 3.87. The van der Waals surface area contributed by atoms with Gasteiger partial charge in [0.2, 0.25) is 5.91 Å². The number of amides is 1. The highest BCUT2D eigenvalue weighted by Gasteiger charge is 2.21. The molecular formula is C20H20ClN3O3S. The van der Waals surface area contributed by atoms with E-state index in [1.54, 1.807) is 36.5 Å². The zero-order valence-electron chi connectivity index (χ0n) is 15.7. The second kappa shape index (κ2) is 7.56. The monoisotopic (exact) mass is 417 g/mol. The van der Waals surface area contributed by atoms with Gasteiger partial charge in [-0.25, -0.2) is 4.98 Å². The van der Waals surface area contributed by atoms with E-state index in [0.29, 0.717) is 27.7 Å². The van der Waals surface area contributed by atoms with Crippen LogP contribution in [0.25, 0.3) is 10.2 Å². The summed E-state index contributed by atoms with van der Waals surface area (Å²) in [6, 6.07) is 5.00. The molecule has 0 unspecified atom stereocenters. The lowest BCUT2D eigenvalue weighted by Gasteiger charge is -2.12. The average molecular weight is 418 g/mol. The number of ether oxygens (including phenoxy) is 1. The molecule has 1 N–H and O–H groups in total. The molecule has 4 rings (SSSR count). The third-order valence-corrected chi connectivity index (χ3v) is 6.48. The summed E-state index contributed by atoms with van der Waals surface area (Å²) in [4.78, 5) is 32.3. The van der Waals surface area contributed by atoms with Crippen LogP contribution in [0, 0.1) is 6.92 Å². The van der Waals surface area contributed by atoms with Crippen molar-refractivity contribution in [3.63, 3.8) is 0 Å². The van der Waals surface area contributed by atoms with Crippen LogP contribution >= 0.6 is 22.9 Å². The van der Waals surface area contributed by atoms with E-state index in [1.165, 1.54) is 16.6 Å². The van der Waals surface area contributed by atoms with Gasteiger partial charge in [0.05, 0.1) is 17.5 Å². The molecule has 0 fully saturated rings. The lowest BCUT2D eigenvalue weighted by Crippen LogP contribution is -2.30. The third-order valence-electron chi connectivity index (χ3n) is 5.00. The van der Waals surface area contributed by atoms with Crippen LogP contribution in [-0.4, -0.2) is 22.6 Å². The number of aryl methyl sites for hydroxylation is 3. The summed E-state index contributed by atoms with van der Waals surface area (Å²) in [5.41, 5.74) is 1.54. The molecule has 3 aromatic rings. The molecule has 0 bridgehead atoms. The van der Waals surface area contributed by atoms with Crippen LogP contribution < -0.4 is 15.6 Å². The quantitative estimate of drug-likeness (QED) is 0.697. The van der Waals surface area contributed by atoms with Crippen molar-refractivity contribution in [3.8, 4) is 5.75 Å². The van der Waals surface area contributed by atoms with E-state index >= 15 is 0 Å². The van der Waals surface area contributed by atoms with Gasteiger partial charge in [0.1, 0.15) is 22.9 Å². The molecule has 146 valence electrons. The number of anilines is 1. The van der Waals surface area contributed by atoms with E-state index in [4.69, 9.17) is 16.3 Å². The predicted octanol–water partition coefficient (Wildman–Crippen LogP) is 3.95. The normalized spacial score (nSPS) is 13.4. The first kappa shape index (κ1) is 19.0. The maximum atomic E-state index is 13.1. The van der Waals surface area contributed by atoms with Crippen molar-refractivity contribution in [1.82, 2.24) is 9.55 Å². The van der Waals surface area contributed by atoms with Crippen LogP contribution in [0.2, 0.25) is 5.02 Å². The molecule has 8 heteroatoms. The molecule has 1 aromatic carbocycles. The minimum atomic E-state index is -0.309. The molecular weight excluding hydrogens is 398 g/mol. The number of thiophene rings is 1. The number of hydrogen-bond donors (Lipinski definition) is 1. The number of carbonyl (C=O) groups excluding carboxylic acids is 1. The molecule has 2 aromatic heterocycles. The molecule has 0 aliphatic heterocycles. The maximum Gasteiger partial charge on any atom is 0.263 e. The van der Waals surface area contributed by atoms with E-state index in [0.717, 1.165) is 36.1 Å². The van der Waals surface area contributed by atoms with Gasteiger partial charge in [0, 0.05) is 10.6 Å². The van der Waals surface area contributed by atoms with Crippen LogP contribution in [0.15, 0.2) is 23.0 Å². The summed E-state index contributed by atoms with van der Waals surface area (Å²) in [6.45, 7) is 1.67. The fraction of sp³-hybridized carbons (Fsp3) is 0.350. The van der Waals surface area contributed by atoms with Gasteiger partial charge in [-0.2, -0.15) is 0 Å². The largest absolute Gasteiger partial charge is 0.495 e.